The van der Waals surface area contributed by atoms with Gasteiger partial charge < -0.3 is 5.32 Å². The predicted octanol–water partition coefficient (Wildman–Crippen LogP) is 5.70. The van der Waals surface area contributed by atoms with E-state index in [4.69, 9.17) is 21.8 Å². The number of hydrogen-bond donors (Lipinski definition) is 1. The first kappa shape index (κ1) is 16.6. The molecule has 0 saturated carbocycles. The van der Waals surface area contributed by atoms with Crippen molar-refractivity contribution in [1.82, 2.24) is 4.98 Å². The van der Waals surface area contributed by atoms with Gasteiger partial charge in [-0.25, -0.2) is 0 Å². The van der Waals surface area contributed by atoms with Gasteiger partial charge in [-0.15, -0.1) is 0 Å². The summed E-state index contributed by atoms with van der Waals surface area (Å²) in [6.07, 6.45) is 3.63. The van der Waals surface area contributed by atoms with Gasteiger partial charge in [0.05, 0.1) is 18.2 Å². The quantitative estimate of drug-likeness (QED) is 0.650. The molecular weight excluding hydrogens is 342 g/mol. The van der Waals surface area contributed by atoms with Crippen molar-refractivity contribution in [2.75, 3.05) is 5.32 Å². The van der Waals surface area contributed by atoms with Gasteiger partial charge in [-0.05, 0) is 60.7 Å². The van der Waals surface area contributed by atoms with Gasteiger partial charge >= 0.3 is 0 Å². The first-order chi connectivity index (χ1) is 12.7. The molecule has 1 N–H and O–H groups in total. The van der Waals surface area contributed by atoms with Crippen LogP contribution in [0.2, 0.25) is 5.02 Å². The number of hydrogen-bond acceptors (Lipinski definition) is 3. The lowest BCUT2D eigenvalue weighted by Gasteiger charge is -2.14. The molecule has 0 saturated heterocycles. The summed E-state index contributed by atoms with van der Waals surface area (Å²) < 4.78 is 0. The molecule has 0 fully saturated rings. The summed E-state index contributed by atoms with van der Waals surface area (Å²) in [6.45, 7) is 0. The number of aromatic nitrogens is 1. The maximum Gasteiger partial charge on any atom is 0.0726 e. The van der Waals surface area contributed by atoms with Crippen LogP contribution < -0.4 is 5.32 Å². The van der Waals surface area contributed by atoms with Crippen molar-refractivity contribution in [2.24, 2.45) is 0 Å². The maximum atomic E-state index is 8.81. The molecule has 0 unspecified atom stereocenters. The Morgan fingerprint density at radius 3 is 2.69 bits per heavy atom. The van der Waals surface area contributed by atoms with Crippen molar-refractivity contribution in [3.63, 3.8) is 0 Å². The smallest absolute Gasteiger partial charge is 0.0726 e. The summed E-state index contributed by atoms with van der Waals surface area (Å²) in [6, 6.07) is 20.1. The van der Waals surface area contributed by atoms with E-state index in [1.165, 1.54) is 11.3 Å². The van der Waals surface area contributed by atoms with Gasteiger partial charge in [0.25, 0.3) is 0 Å². The number of halogens is 1. The van der Waals surface area contributed by atoms with Crippen LogP contribution in [-0.4, -0.2) is 4.98 Å². The zero-order chi connectivity index (χ0) is 17.9. The minimum absolute atomic E-state index is 0.434. The Morgan fingerprint density at radius 2 is 1.92 bits per heavy atom. The van der Waals surface area contributed by atoms with Crippen LogP contribution in [0.15, 0.2) is 54.6 Å². The lowest BCUT2D eigenvalue weighted by Crippen LogP contribution is -2.00. The molecule has 0 atom stereocenters. The third-order valence-corrected chi connectivity index (χ3v) is 4.92. The number of aryl methyl sites for hydroxylation is 1. The zero-order valence-corrected chi connectivity index (χ0v) is 15.1. The molecule has 0 aliphatic heterocycles. The molecule has 128 valence electrons. The third-order valence-electron chi connectivity index (χ3n) is 4.69. The van der Waals surface area contributed by atoms with Gasteiger partial charge in [-0.3, -0.25) is 4.98 Å². The first-order valence-corrected chi connectivity index (χ1v) is 9.12. The molecule has 3 aromatic rings. The molecule has 0 radical (unpaired) electrons. The maximum absolute atomic E-state index is 8.81. The summed E-state index contributed by atoms with van der Waals surface area (Å²) >= 11 is 6.16. The molecule has 4 rings (SSSR count). The molecule has 2 aromatic carbocycles. The van der Waals surface area contributed by atoms with E-state index in [2.05, 4.69) is 17.5 Å². The number of nitrogens with one attached hydrogen (secondary N) is 1. The van der Waals surface area contributed by atoms with Crippen molar-refractivity contribution in [3.05, 3.63) is 76.4 Å². The van der Waals surface area contributed by atoms with Crippen LogP contribution in [0.3, 0.4) is 0 Å². The molecular formula is C22H18ClN3. The number of nitriles is 1. The number of rotatable bonds is 4. The van der Waals surface area contributed by atoms with Crippen molar-refractivity contribution in [3.8, 4) is 17.3 Å². The molecule has 26 heavy (non-hydrogen) atoms. The molecule has 3 nitrogen and oxygen atoms in total. The zero-order valence-electron chi connectivity index (χ0n) is 14.3. The highest BCUT2D eigenvalue weighted by atomic mass is 35.5. The standard InChI is InChI=1S/C22H18ClN3/c23-17-4-1-3-16(13-17)21-14-22(19-5-2-6-20(19)26-21)25-18-9-7-15(8-10-18)11-12-24/h1,3-4,7-10,13-14H,2,5-6,11H2,(H,25,26). The lowest BCUT2D eigenvalue weighted by atomic mass is 10.1. The van der Waals surface area contributed by atoms with Crippen LogP contribution in [0.5, 0.6) is 0 Å². The number of pyridine rings is 1. The van der Waals surface area contributed by atoms with Crippen LogP contribution in [0.25, 0.3) is 11.3 Å². The van der Waals surface area contributed by atoms with E-state index in [1.54, 1.807) is 0 Å². The van der Waals surface area contributed by atoms with E-state index >= 15 is 0 Å². The second kappa shape index (κ2) is 7.19. The minimum atomic E-state index is 0.434. The minimum Gasteiger partial charge on any atom is -0.355 e. The highest BCUT2D eigenvalue weighted by Crippen LogP contribution is 2.34. The molecule has 1 heterocycles. The van der Waals surface area contributed by atoms with E-state index in [9.17, 15) is 0 Å². The summed E-state index contributed by atoms with van der Waals surface area (Å²) in [7, 11) is 0. The Labute approximate surface area is 158 Å². The third kappa shape index (κ3) is 3.42. The van der Waals surface area contributed by atoms with Crippen LogP contribution in [0.4, 0.5) is 11.4 Å². The average molecular weight is 360 g/mol. The summed E-state index contributed by atoms with van der Waals surface area (Å²) in [4.78, 5) is 4.87. The van der Waals surface area contributed by atoms with Crippen molar-refractivity contribution >= 4 is 23.0 Å². The van der Waals surface area contributed by atoms with Crippen molar-refractivity contribution in [1.29, 1.82) is 5.26 Å². The van der Waals surface area contributed by atoms with E-state index in [0.717, 1.165) is 47.5 Å². The summed E-state index contributed by atoms with van der Waals surface area (Å²) in [5.74, 6) is 0. The highest BCUT2D eigenvalue weighted by Gasteiger charge is 2.18. The average Bonchev–Trinajstić information content (AvgIpc) is 3.12. The molecule has 0 bridgehead atoms. The van der Waals surface area contributed by atoms with Crippen LogP contribution in [0.1, 0.15) is 23.2 Å². The van der Waals surface area contributed by atoms with E-state index in [1.807, 2.05) is 48.5 Å². The van der Waals surface area contributed by atoms with Gasteiger partial charge in [0.2, 0.25) is 0 Å². The Bertz CT molecular complexity index is 987. The molecule has 1 aliphatic carbocycles. The van der Waals surface area contributed by atoms with E-state index < -0.39 is 0 Å². The Morgan fingerprint density at radius 1 is 1.08 bits per heavy atom. The Kier molecular flexibility index (Phi) is 4.60. The Balaban J connectivity index is 1.70. The van der Waals surface area contributed by atoms with Gasteiger partial charge in [0, 0.05) is 27.7 Å². The van der Waals surface area contributed by atoms with Gasteiger partial charge in [0.15, 0.2) is 0 Å². The van der Waals surface area contributed by atoms with Crippen LogP contribution >= 0.6 is 11.6 Å². The van der Waals surface area contributed by atoms with Gasteiger partial charge in [-0.2, -0.15) is 5.26 Å². The number of nitrogens with zero attached hydrogens (tertiary/aromatic N) is 2. The largest absolute Gasteiger partial charge is 0.355 e. The van der Waals surface area contributed by atoms with Gasteiger partial charge in [-0.1, -0.05) is 35.9 Å². The second-order valence-electron chi connectivity index (χ2n) is 6.50. The topological polar surface area (TPSA) is 48.7 Å². The lowest BCUT2D eigenvalue weighted by molar-refractivity contribution is 0.900. The van der Waals surface area contributed by atoms with Crippen molar-refractivity contribution < 1.29 is 0 Å². The first-order valence-electron chi connectivity index (χ1n) is 8.74. The monoisotopic (exact) mass is 359 g/mol. The van der Waals surface area contributed by atoms with Crippen molar-refractivity contribution in [2.45, 2.75) is 25.7 Å². The SMILES string of the molecule is N#CCc1ccc(Nc2cc(-c3cccc(Cl)c3)nc3c2CCC3)cc1. The second-order valence-corrected chi connectivity index (χ2v) is 6.94. The molecule has 0 amide bonds. The highest BCUT2D eigenvalue weighted by molar-refractivity contribution is 6.30. The summed E-state index contributed by atoms with van der Waals surface area (Å²) in [5, 5.41) is 13.1. The van der Waals surface area contributed by atoms with Crippen LogP contribution in [-0.2, 0) is 19.3 Å². The molecule has 1 aliphatic rings. The predicted molar refractivity (Wildman–Crippen MR) is 106 cm³/mol. The molecule has 0 spiro atoms. The molecule has 4 heteroatoms. The number of fused-ring (bicyclic) bond motifs is 1. The fourth-order valence-electron chi connectivity index (χ4n) is 3.40. The van der Waals surface area contributed by atoms with E-state index in [0.29, 0.717) is 11.4 Å². The fraction of sp³-hybridized carbons (Fsp3) is 0.182. The number of anilines is 2. The van der Waals surface area contributed by atoms with Crippen LogP contribution in [0, 0.1) is 11.3 Å². The number of benzene rings is 2. The van der Waals surface area contributed by atoms with E-state index in [-0.39, 0.29) is 0 Å². The Hall–Kier alpha value is -2.83. The van der Waals surface area contributed by atoms with Gasteiger partial charge in [0.1, 0.15) is 0 Å². The molecule has 1 aromatic heterocycles. The normalized spacial score (nSPS) is 12.5. The fourth-order valence-corrected chi connectivity index (χ4v) is 3.59. The summed E-state index contributed by atoms with van der Waals surface area (Å²) in [5.41, 5.74) is 7.59.